The van der Waals surface area contributed by atoms with Crippen LogP contribution in [-0.4, -0.2) is 19.5 Å². The van der Waals surface area contributed by atoms with Gasteiger partial charge in [-0.15, -0.1) is 11.3 Å². The number of benzene rings is 1. The summed E-state index contributed by atoms with van der Waals surface area (Å²) < 4.78 is 26.9. The van der Waals surface area contributed by atoms with Crippen molar-refractivity contribution in [1.29, 1.82) is 0 Å². The lowest BCUT2D eigenvalue weighted by atomic mass is 10.1. The average Bonchev–Trinajstić information content (AvgIpc) is 2.88. The number of carboxylic acids is 1. The monoisotopic (exact) mass is 345 g/mol. The highest BCUT2D eigenvalue weighted by Crippen LogP contribution is 2.24. The van der Waals surface area contributed by atoms with Gasteiger partial charge in [0.15, 0.2) is 0 Å². The molecule has 21 heavy (non-hydrogen) atoms. The van der Waals surface area contributed by atoms with E-state index in [-0.39, 0.29) is 9.77 Å². The summed E-state index contributed by atoms with van der Waals surface area (Å²) in [5.41, 5.74) is 0.678. The van der Waals surface area contributed by atoms with Gasteiger partial charge < -0.3 is 5.11 Å². The van der Waals surface area contributed by atoms with Crippen LogP contribution in [-0.2, 0) is 10.0 Å². The zero-order valence-electron chi connectivity index (χ0n) is 10.9. The van der Waals surface area contributed by atoms with Crippen LogP contribution >= 0.6 is 22.9 Å². The first-order valence-electron chi connectivity index (χ1n) is 5.89. The average molecular weight is 346 g/mol. The summed E-state index contributed by atoms with van der Waals surface area (Å²) in [4.78, 5) is 10.8. The minimum absolute atomic E-state index is 0.0335. The zero-order chi connectivity index (χ0) is 15.6. The SMILES string of the molecule is C[C@H](NS(=O)(=O)c1cc(C(=O)O)cs1)c1cccc(Cl)c1. The second-order valence-corrected chi connectivity index (χ2v) is 7.65. The molecule has 0 bridgehead atoms. The highest BCUT2D eigenvalue weighted by molar-refractivity contribution is 7.91. The largest absolute Gasteiger partial charge is 0.478 e. The molecule has 2 N–H and O–H groups in total. The quantitative estimate of drug-likeness (QED) is 0.872. The zero-order valence-corrected chi connectivity index (χ0v) is 13.3. The van der Waals surface area contributed by atoms with Crippen molar-refractivity contribution in [2.24, 2.45) is 0 Å². The lowest BCUT2D eigenvalue weighted by Crippen LogP contribution is -2.26. The lowest BCUT2D eigenvalue weighted by Gasteiger charge is -2.14. The molecule has 0 radical (unpaired) electrons. The van der Waals surface area contributed by atoms with Crippen LogP contribution in [0.25, 0.3) is 0 Å². The summed E-state index contributed by atoms with van der Waals surface area (Å²) in [6, 6.07) is 7.52. The van der Waals surface area contributed by atoms with Gasteiger partial charge in [0.1, 0.15) is 4.21 Å². The van der Waals surface area contributed by atoms with Crippen LogP contribution in [0, 0.1) is 0 Å². The van der Waals surface area contributed by atoms with Crippen molar-refractivity contribution >= 4 is 38.9 Å². The summed E-state index contributed by atoms with van der Waals surface area (Å²) >= 11 is 6.74. The van der Waals surface area contributed by atoms with Gasteiger partial charge in [0, 0.05) is 16.4 Å². The highest BCUT2D eigenvalue weighted by Gasteiger charge is 2.21. The number of aromatic carboxylic acids is 1. The van der Waals surface area contributed by atoms with Gasteiger partial charge in [-0.05, 0) is 30.7 Å². The van der Waals surface area contributed by atoms with Gasteiger partial charge in [0.05, 0.1) is 5.56 Å². The Morgan fingerprint density at radius 1 is 1.38 bits per heavy atom. The van der Waals surface area contributed by atoms with E-state index in [1.807, 2.05) is 0 Å². The van der Waals surface area contributed by atoms with Crippen LogP contribution in [0.1, 0.15) is 28.9 Å². The van der Waals surface area contributed by atoms with E-state index >= 15 is 0 Å². The number of carbonyl (C=O) groups is 1. The first-order valence-corrected chi connectivity index (χ1v) is 8.63. The number of hydrogen-bond acceptors (Lipinski definition) is 4. The number of thiophene rings is 1. The minimum Gasteiger partial charge on any atom is -0.478 e. The predicted molar refractivity (Wildman–Crippen MR) is 81.5 cm³/mol. The fourth-order valence-corrected chi connectivity index (χ4v) is 4.31. The summed E-state index contributed by atoms with van der Waals surface area (Å²) in [5, 5.41) is 10.6. The molecule has 0 spiro atoms. The van der Waals surface area contributed by atoms with Crippen LogP contribution in [0.2, 0.25) is 5.02 Å². The molecule has 0 unspecified atom stereocenters. The van der Waals surface area contributed by atoms with E-state index in [0.717, 1.165) is 23.0 Å². The topological polar surface area (TPSA) is 83.5 Å². The van der Waals surface area contributed by atoms with Gasteiger partial charge in [-0.1, -0.05) is 23.7 Å². The third-order valence-electron chi connectivity index (χ3n) is 2.77. The van der Waals surface area contributed by atoms with E-state index in [4.69, 9.17) is 16.7 Å². The summed E-state index contributed by atoms with van der Waals surface area (Å²) in [7, 11) is -3.77. The van der Waals surface area contributed by atoms with Crippen LogP contribution in [0.5, 0.6) is 0 Å². The molecule has 5 nitrogen and oxygen atoms in total. The maximum Gasteiger partial charge on any atom is 0.336 e. The maximum atomic E-state index is 12.2. The fourth-order valence-electron chi connectivity index (χ4n) is 1.70. The molecule has 8 heteroatoms. The number of halogens is 1. The first-order chi connectivity index (χ1) is 9.79. The predicted octanol–water partition coefficient (Wildman–Crippen LogP) is 3.14. The Labute approximate surface area is 131 Å². The lowest BCUT2D eigenvalue weighted by molar-refractivity contribution is 0.0697. The summed E-state index contributed by atoms with van der Waals surface area (Å²) in [5.74, 6) is -1.16. The van der Waals surface area contributed by atoms with Gasteiger partial charge in [-0.25, -0.2) is 17.9 Å². The Balaban J connectivity index is 2.22. The van der Waals surface area contributed by atoms with Gasteiger partial charge in [0.25, 0.3) is 10.0 Å². The van der Waals surface area contributed by atoms with E-state index in [0.29, 0.717) is 5.02 Å². The number of carboxylic acid groups (broad SMARTS) is 1. The Bertz CT molecular complexity index is 770. The third-order valence-corrected chi connectivity index (χ3v) is 5.98. The van der Waals surface area contributed by atoms with Gasteiger partial charge in [0.2, 0.25) is 0 Å². The molecule has 0 aliphatic heterocycles. The molecular formula is C13H12ClNO4S2. The van der Waals surface area contributed by atoms with E-state index in [9.17, 15) is 13.2 Å². The van der Waals surface area contributed by atoms with Crippen molar-refractivity contribution in [3.05, 3.63) is 51.9 Å². The second kappa shape index (κ2) is 6.15. The highest BCUT2D eigenvalue weighted by atomic mass is 35.5. The minimum atomic E-state index is -3.77. The summed E-state index contributed by atoms with van der Waals surface area (Å²) in [6.07, 6.45) is 0. The first kappa shape index (κ1) is 16.0. The number of nitrogens with one attached hydrogen (secondary N) is 1. The van der Waals surface area contributed by atoms with Crippen molar-refractivity contribution in [2.75, 3.05) is 0 Å². The second-order valence-electron chi connectivity index (χ2n) is 4.36. The molecule has 0 aliphatic rings. The molecule has 0 fully saturated rings. The molecule has 0 saturated carbocycles. The van der Waals surface area contributed by atoms with Crippen LogP contribution in [0.3, 0.4) is 0 Å². The third kappa shape index (κ3) is 3.82. The van der Waals surface area contributed by atoms with Crippen molar-refractivity contribution in [1.82, 2.24) is 4.72 Å². The van der Waals surface area contributed by atoms with Gasteiger partial charge >= 0.3 is 5.97 Å². The molecular weight excluding hydrogens is 334 g/mol. The van der Waals surface area contributed by atoms with Crippen molar-refractivity contribution in [3.63, 3.8) is 0 Å². The molecule has 112 valence electrons. The molecule has 1 heterocycles. The van der Waals surface area contributed by atoms with E-state index in [2.05, 4.69) is 4.72 Å². The number of rotatable bonds is 5. The molecule has 0 aliphatic carbocycles. The van der Waals surface area contributed by atoms with Crippen LogP contribution in [0.15, 0.2) is 39.9 Å². The van der Waals surface area contributed by atoms with Crippen molar-refractivity contribution in [2.45, 2.75) is 17.2 Å². The van der Waals surface area contributed by atoms with Crippen LogP contribution < -0.4 is 4.72 Å². The van der Waals surface area contributed by atoms with Gasteiger partial charge in [-0.3, -0.25) is 0 Å². The smallest absolute Gasteiger partial charge is 0.336 e. The molecule has 0 amide bonds. The maximum absolute atomic E-state index is 12.2. The van der Waals surface area contributed by atoms with E-state index in [1.165, 1.54) is 5.38 Å². The molecule has 2 rings (SSSR count). The summed E-state index contributed by atoms with van der Waals surface area (Å²) in [6.45, 7) is 1.69. The van der Waals surface area contributed by atoms with E-state index in [1.54, 1.807) is 31.2 Å². The van der Waals surface area contributed by atoms with Crippen molar-refractivity contribution in [3.8, 4) is 0 Å². The Morgan fingerprint density at radius 3 is 2.67 bits per heavy atom. The molecule has 1 atom stereocenters. The molecule has 0 saturated heterocycles. The van der Waals surface area contributed by atoms with E-state index < -0.39 is 22.0 Å². The fraction of sp³-hybridized carbons (Fsp3) is 0.154. The van der Waals surface area contributed by atoms with Gasteiger partial charge in [-0.2, -0.15) is 0 Å². The van der Waals surface area contributed by atoms with Crippen LogP contribution in [0.4, 0.5) is 0 Å². The number of hydrogen-bond donors (Lipinski definition) is 2. The Hall–Kier alpha value is -1.41. The normalized spacial score (nSPS) is 13.0. The number of sulfonamides is 1. The van der Waals surface area contributed by atoms with Crippen molar-refractivity contribution < 1.29 is 18.3 Å². The Morgan fingerprint density at radius 2 is 2.10 bits per heavy atom. The standard InChI is InChI=1S/C13H12ClNO4S2/c1-8(9-3-2-4-11(14)5-9)15-21(18,19)12-6-10(7-20-12)13(16)17/h2-8,15H,1H3,(H,16,17)/t8-/m0/s1. The molecule has 1 aromatic heterocycles. The Kier molecular flexibility index (Phi) is 4.67. The molecule has 1 aromatic carbocycles. The molecule has 2 aromatic rings.